The monoisotopic (exact) mass is 236 g/mol. The Bertz CT molecular complexity index is 361. The molecule has 5 heteroatoms. The van der Waals surface area contributed by atoms with Gasteiger partial charge in [-0.2, -0.15) is 4.98 Å². The fraction of sp³-hybridized carbons (Fsp3) is 0.667. The van der Waals surface area contributed by atoms with E-state index in [9.17, 15) is 0 Å². The molecule has 2 rings (SSSR count). The first kappa shape index (κ1) is 12.1. The molecule has 1 aliphatic rings. The molecule has 0 amide bonds. The van der Waals surface area contributed by atoms with Crippen molar-refractivity contribution >= 4 is 5.82 Å². The highest BCUT2D eigenvalue weighted by Gasteiger charge is 2.22. The van der Waals surface area contributed by atoms with E-state index in [0.717, 1.165) is 31.7 Å². The fourth-order valence-corrected chi connectivity index (χ4v) is 2.24. The van der Waals surface area contributed by atoms with Crippen molar-refractivity contribution in [1.82, 2.24) is 9.97 Å². The van der Waals surface area contributed by atoms with E-state index in [1.54, 1.807) is 19.5 Å². The molecule has 1 saturated heterocycles. The second-order valence-corrected chi connectivity index (χ2v) is 4.60. The third-order valence-corrected chi connectivity index (χ3v) is 3.42. The summed E-state index contributed by atoms with van der Waals surface area (Å²) in [6.45, 7) is 4.08. The van der Waals surface area contributed by atoms with Gasteiger partial charge in [0, 0.05) is 19.1 Å². The molecular formula is C12H20N4O. The number of anilines is 1. The molecule has 0 saturated carbocycles. The number of nitrogens with two attached hydrogens (primary N) is 1. The summed E-state index contributed by atoms with van der Waals surface area (Å²) in [5.74, 6) is 2.09. The molecule has 0 aliphatic carbocycles. The molecule has 1 unspecified atom stereocenters. The van der Waals surface area contributed by atoms with Crippen LogP contribution < -0.4 is 15.4 Å². The van der Waals surface area contributed by atoms with E-state index in [0.29, 0.717) is 11.8 Å². The second-order valence-electron chi connectivity index (χ2n) is 4.60. The van der Waals surface area contributed by atoms with Gasteiger partial charge in [0.2, 0.25) is 5.88 Å². The van der Waals surface area contributed by atoms with Crippen LogP contribution in [0.4, 0.5) is 5.82 Å². The van der Waals surface area contributed by atoms with Gasteiger partial charge < -0.3 is 15.4 Å². The van der Waals surface area contributed by atoms with Crippen molar-refractivity contribution < 1.29 is 4.74 Å². The molecule has 0 radical (unpaired) electrons. The van der Waals surface area contributed by atoms with Crippen molar-refractivity contribution in [3.8, 4) is 5.88 Å². The molecule has 1 aliphatic heterocycles. The predicted octanol–water partition coefficient (Wildman–Crippen LogP) is 1.05. The van der Waals surface area contributed by atoms with Crippen LogP contribution in [0.5, 0.6) is 5.88 Å². The minimum absolute atomic E-state index is 0.286. The van der Waals surface area contributed by atoms with Crippen molar-refractivity contribution in [2.45, 2.75) is 25.8 Å². The summed E-state index contributed by atoms with van der Waals surface area (Å²) in [6.07, 6.45) is 5.65. The zero-order chi connectivity index (χ0) is 12.3. The van der Waals surface area contributed by atoms with Gasteiger partial charge in [0.1, 0.15) is 0 Å². The number of rotatable bonds is 3. The quantitative estimate of drug-likeness (QED) is 0.849. The number of piperidine rings is 1. The smallest absolute Gasteiger partial charge is 0.233 e. The highest BCUT2D eigenvalue weighted by molar-refractivity contribution is 5.37. The summed E-state index contributed by atoms with van der Waals surface area (Å²) < 4.78 is 5.08. The van der Waals surface area contributed by atoms with E-state index in [4.69, 9.17) is 10.5 Å². The predicted molar refractivity (Wildman–Crippen MR) is 67.2 cm³/mol. The van der Waals surface area contributed by atoms with E-state index in [2.05, 4.69) is 21.8 Å². The van der Waals surface area contributed by atoms with Gasteiger partial charge in [0.15, 0.2) is 5.82 Å². The lowest BCUT2D eigenvalue weighted by atomic mass is 9.91. The van der Waals surface area contributed by atoms with Crippen LogP contribution >= 0.6 is 0 Å². The van der Waals surface area contributed by atoms with Gasteiger partial charge >= 0.3 is 0 Å². The Kier molecular flexibility index (Phi) is 3.78. The number of hydrogen-bond donors (Lipinski definition) is 1. The summed E-state index contributed by atoms with van der Waals surface area (Å²) >= 11 is 0. The number of aromatic nitrogens is 2. The summed E-state index contributed by atoms with van der Waals surface area (Å²) in [5.41, 5.74) is 5.93. The summed E-state index contributed by atoms with van der Waals surface area (Å²) in [6, 6.07) is 0.286. The van der Waals surface area contributed by atoms with Gasteiger partial charge in [-0.15, -0.1) is 0 Å². The van der Waals surface area contributed by atoms with Crippen LogP contribution in [-0.2, 0) is 0 Å². The zero-order valence-corrected chi connectivity index (χ0v) is 10.5. The largest absolute Gasteiger partial charge is 0.480 e. The lowest BCUT2D eigenvalue weighted by molar-refractivity contribution is 0.351. The van der Waals surface area contributed by atoms with E-state index in [1.165, 1.54) is 0 Å². The molecule has 0 aromatic carbocycles. The van der Waals surface area contributed by atoms with Gasteiger partial charge in [0.05, 0.1) is 19.5 Å². The Morgan fingerprint density at radius 3 is 2.71 bits per heavy atom. The second kappa shape index (κ2) is 5.31. The van der Waals surface area contributed by atoms with Crippen LogP contribution in [0.25, 0.3) is 0 Å². The molecule has 2 N–H and O–H groups in total. The van der Waals surface area contributed by atoms with E-state index in [1.807, 2.05) is 0 Å². The standard InChI is InChI=1S/C12H20N4O/c1-9(13)10-3-5-16(6-4-10)11-7-14-8-12(15-11)17-2/h7-10H,3-6,13H2,1-2H3. The zero-order valence-electron chi connectivity index (χ0n) is 10.5. The average Bonchev–Trinajstić information content (AvgIpc) is 2.39. The Hall–Kier alpha value is -1.36. The molecule has 1 atom stereocenters. The third kappa shape index (κ3) is 2.85. The Balaban J connectivity index is 2.00. The van der Waals surface area contributed by atoms with Crippen LogP contribution in [0.15, 0.2) is 12.4 Å². The van der Waals surface area contributed by atoms with Gasteiger partial charge in [-0.05, 0) is 25.7 Å². The van der Waals surface area contributed by atoms with E-state index < -0.39 is 0 Å². The first-order valence-electron chi connectivity index (χ1n) is 6.07. The highest BCUT2D eigenvalue weighted by atomic mass is 16.5. The van der Waals surface area contributed by atoms with Crippen LogP contribution in [0.3, 0.4) is 0 Å². The Morgan fingerprint density at radius 2 is 2.12 bits per heavy atom. The molecule has 1 aromatic rings. The minimum atomic E-state index is 0.286. The van der Waals surface area contributed by atoms with Crippen LogP contribution in [0.1, 0.15) is 19.8 Å². The van der Waals surface area contributed by atoms with Crippen LogP contribution in [0, 0.1) is 5.92 Å². The maximum Gasteiger partial charge on any atom is 0.233 e. The first-order valence-corrected chi connectivity index (χ1v) is 6.07. The lowest BCUT2D eigenvalue weighted by Crippen LogP contribution is -2.40. The lowest BCUT2D eigenvalue weighted by Gasteiger charge is -2.34. The highest BCUT2D eigenvalue weighted by Crippen LogP contribution is 2.23. The molecule has 94 valence electrons. The van der Waals surface area contributed by atoms with Gasteiger partial charge in [-0.25, -0.2) is 0 Å². The van der Waals surface area contributed by atoms with Crippen molar-refractivity contribution in [3.05, 3.63) is 12.4 Å². The number of ether oxygens (including phenoxy) is 1. The SMILES string of the molecule is COc1cncc(N2CCC(C(C)N)CC2)n1. The fourth-order valence-electron chi connectivity index (χ4n) is 2.24. The molecular weight excluding hydrogens is 216 g/mol. The third-order valence-electron chi connectivity index (χ3n) is 3.42. The summed E-state index contributed by atoms with van der Waals surface area (Å²) in [5, 5.41) is 0. The Labute approximate surface area is 102 Å². The molecule has 1 fully saturated rings. The van der Waals surface area contributed by atoms with Gasteiger partial charge in [-0.3, -0.25) is 4.98 Å². The first-order chi connectivity index (χ1) is 8.20. The van der Waals surface area contributed by atoms with E-state index >= 15 is 0 Å². The van der Waals surface area contributed by atoms with Gasteiger partial charge in [-0.1, -0.05) is 0 Å². The topological polar surface area (TPSA) is 64.3 Å². The van der Waals surface area contributed by atoms with Crippen molar-refractivity contribution in [2.24, 2.45) is 11.7 Å². The van der Waals surface area contributed by atoms with E-state index in [-0.39, 0.29) is 6.04 Å². The molecule has 0 spiro atoms. The normalized spacial score (nSPS) is 19.1. The number of nitrogens with zero attached hydrogens (tertiary/aromatic N) is 3. The Morgan fingerprint density at radius 1 is 1.41 bits per heavy atom. The van der Waals surface area contributed by atoms with Crippen LogP contribution in [-0.4, -0.2) is 36.2 Å². The average molecular weight is 236 g/mol. The van der Waals surface area contributed by atoms with Gasteiger partial charge in [0.25, 0.3) is 0 Å². The van der Waals surface area contributed by atoms with Crippen molar-refractivity contribution in [1.29, 1.82) is 0 Å². The summed E-state index contributed by atoms with van der Waals surface area (Å²) in [4.78, 5) is 10.8. The molecule has 1 aromatic heterocycles. The minimum Gasteiger partial charge on any atom is -0.480 e. The molecule has 17 heavy (non-hydrogen) atoms. The molecule has 0 bridgehead atoms. The molecule has 5 nitrogen and oxygen atoms in total. The number of methoxy groups -OCH3 is 1. The number of hydrogen-bond acceptors (Lipinski definition) is 5. The van der Waals surface area contributed by atoms with Crippen molar-refractivity contribution in [3.63, 3.8) is 0 Å². The van der Waals surface area contributed by atoms with Crippen LogP contribution in [0.2, 0.25) is 0 Å². The molecule has 2 heterocycles. The maximum atomic E-state index is 5.93. The maximum absolute atomic E-state index is 5.93. The summed E-state index contributed by atoms with van der Waals surface area (Å²) in [7, 11) is 1.61. The van der Waals surface area contributed by atoms with Crippen molar-refractivity contribution in [2.75, 3.05) is 25.1 Å².